The Morgan fingerprint density at radius 3 is 2.64 bits per heavy atom. The number of anilines is 1. The molecule has 1 aliphatic rings. The Labute approximate surface area is 164 Å². The number of carbonyl (C=O) groups is 1. The minimum Gasteiger partial charge on any atom is -0.497 e. The molecule has 0 spiro atoms. The average molecular weight is 377 g/mol. The van der Waals surface area contributed by atoms with Crippen molar-refractivity contribution in [3.63, 3.8) is 0 Å². The van der Waals surface area contributed by atoms with E-state index in [2.05, 4.69) is 10.3 Å². The Morgan fingerprint density at radius 1 is 1.14 bits per heavy atom. The third-order valence-electron chi connectivity index (χ3n) is 4.76. The maximum atomic E-state index is 12.4. The lowest BCUT2D eigenvalue weighted by atomic mass is 9.90. The van der Waals surface area contributed by atoms with Gasteiger partial charge in [-0.05, 0) is 43.7 Å². The van der Waals surface area contributed by atoms with Crippen molar-refractivity contribution in [3.8, 4) is 17.2 Å². The first-order chi connectivity index (χ1) is 13.5. The summed E-state index contributed by atoms with van der Waals surface area (Å²) in [5.74, 6) is 2.16. The van der Waals surface area contributed by atoms with Crippen molar-refractivity contribution in [1.29, 1.82) is 0 Å². The second-order valence-corrected chi connectivity index (χ2v) is 7.09. The quantitative estimate of drug-likeness (QED) is 0.726. The molecule has 1 atom stereocenters. The van der Waals surface area contributed by atoms with Crippen molar-refractivity contribution in [2.45, 2.75) is 32.3 Å². The van der Waals surface area contributed by atoms with E-state index in [1.807, 2.05) is 66.9 Å². The molecule has 0 aliphatic carbocycles. The molecule has 0 unspecified atom stereocenters. The second-order valence-electron chi connectivity index (χ2n) is 7.09. The van der Waals surface area contributed by atoms with E-state index in [0.29, 0.717) is 12.2 Å². The van der Waals surface area contributed by atoms with Crippen LogP contribution in [0, 0.1) is 0 Å². The maximum absolute atomic E-state index is 12.4. The van der Waals surface area contributed by atoms with Crippen molar-refractivity contribution in [2.24, 2.45) is 0 Å². The largest absolute Gasteiger partial charge is 0.497 e. The van der Waals surface area contributed by atoms with Gasteiger partial charge in [-0.15, -0.1) is 0 Å². The van der Waals surface area contributed by atoms with Gasteiger partial charge in [-0.2, -0.15) is 0 Å². The van der Waals surface area contributed by atoms with Gasteiger partial charge in [0.2, 0.25) is 5.91 Å². The zero-order valence-electron chi connectivity index (χ0n) is 16.2. The van der Waals surface area contributed by atoms with E-state index in [1.54, 1.807) is 13.4 Å². The molecule has 6 nitrogen and oxygen atoms in total. The van der Waals surface area contributed by atoms with Crippen LogP contribution in [0.3, 0.4) is 0 Å². The smallest absolute Gasteiger partial charge is 0.226 e. The second kappa shape index (κ2) is 7.38. The molecule has 0 bridgehead atoms. The summed E-state index contributed by atoms with van der Waals surface area (Å²) in [4.78, 5) is 17.1. The predicted molar refractivity (Wildman–Crippen MR) is 107 cm³/mol. The summed E-state index contributed by atoms with van der Waals surface area (Å²) >= 11 is 0. The highest BCUT2D eigenvalue weighted by atomic mass is 16.5. The molecule has 2 heterocycles. The van der Waals surface area contributed by atoms with Crippen LogP contribution in [0.1, 0.15) is 37.4 Å². The van der Waals surface area contributed by atoms with Gasteiger partial charge in [0.15, 0.2) is 0 Å². The number of methoxy groups -OCH3 is 1. The van der Waals surface area contributed by atoms with Crippen LogP contribution < -0.4 is 14.8 Å². The van der Waals surface area contributed by atoms with Crippen LogP contribution in [0.25, 0.3) is 5.69 Å². The molecule has 1 aliphatic heterocycles. The Morgan fingerprint density at radius 2 is 1.93 bits per heavy atom. The Hall–Kier alpha value is -3.28. The third kappa shape index (κ3) is 3.45. The van der Waals surface area contributed by atoms with Crippen molar-refractivity contribution >= 4 is 11.7 Å². The zero-order valence-corrected chi connectivity index (χ0v) is 16.2. The zero-order chi connectivity index (χ0) is 19.7. The maximum Gasteiger partial charge on any atom is 0.226 e. The van der Waals surface area contributed by atoms with Gasteiger partial charge >= 0.3 is 0 Å². The summed E-state index contributed by atoms with van der Waals surface area (Å²) in [7, 11) is 1.63. The third-order valence-corrected chi connectivity index (χ3v) is 4.76. The fourth-order valence-corrected chi connectivity index (χ4v) is 3.49. The van der Waals surface area contributed by atoms with Crippen molar-refractivity contribution in [2.75, 3.05) is 12.4 Å². The van der Waals surface area contributed by atoms with Gasteiger partial charge in [0, 0.05) is 18.4 Å². The number of hydrogen-bond acceptors (Lipinski definition) is 4. The highest BCUT2D eigenvalue weighted by Crippen LogP contribution is 2.38. The Balaban J connectivity index is 1.70. The lowest BCUT2D eigenvalue weighted by molar-refractivity contribution is -0.116. The lowest BCUT2D eigenvalue weighted by Gasteiger charge is -2.23. The lowest BCUT2D eigenvalue weighted by Crippen LogP contribution is -2.24. The van der Waals surface area contributed by atoms with Crippen LogP contribution >= 0.6 is 0 Å². The molecule has 1 N–H and O–H groups in total. The van der Waals surface area contributed by atoms with E-state index < -0.39 is 0 Å². The van der Waals surface area contributed by atoms with Crippen LogP contribution in [0.15, 0.2) is 54.9 Å². The fraction of sp³-hybridized carbons (Fsp3) is 0.273. The molecule has 4 rings (SSSR count). The number of nitrogens with one attached hydrogen (secondary N) is 1. The number of amides is 1. The van der Waals surface area contributed by atoms with E-state index in [-0.39, 0.29) is 17.9 Å². The van der Waals surface area contributed by atoms with Crippen LogP contribution in [-0.4, -0.2) is 28.7 Å². The first-order valence-corrected chi connectivity index (χ1v) is 9.33. The minimum atomic E-state index is -0.0938. The van der Waals surface area contributed by atoms with Gasteiger partial charge in [0.1, 0.15) is 23.6 Å². The van der Waals surface area contributed by atoms with Gasteiger partial charge in [0.05, 0.1) is 24.6 Å². The van der Waals surface area contributed by atoms with Crippen LogP contribution in [-0.2, 0) is 4.79 Å². The van der Waals surface area contributed by atoms with Gasteiger partial charge in [-0.1, -0.05) is 18.2 Å². The van der Waals surface area contributed by atoms with Gasteiger partial charge in [-0.3, -0.25) is 9.36 Å². The highest BCUT2D eigenvalue weighted by Gasteiger charge is 2.31. The average Bonchev–Trinajstić information content (AvgIpc) is 3.11. The monoisotopic (exact) mass is 377 g/mol. The molecule has 144 valence electrons. The van der Waals surface area contributed by atoms with Crippen LogP contribution in [0.2, 0.25) is 0 Å². The summed E-state index contributed by atoms with van der Waals surface area (Å²) in [6, 6.07) is 15.6. The first kappa shape index (κ1) is 18.1. The summed E-state index contributed by atoms with van der Waals surface area (Å²) in [5.41, 5.74) is 2.79. The van der Waals surface area contributed by atoms with Crippen LogP contribution in [0.5, 0.6) is 11.5 Å². The molecule has 2 aromatic carbocycles. The van der Waals surface area contributed by atoms with E-state index in [1.165, 1.54) is 0 Å². The molecule has 28 heavy (non-hydrogen) atoms. The first-order valence-electron chi connectivity index (χ1n) is 9.33. The normalized spacial score (nSPS) is 15.9. The molecule has 0 saturated heterocycles. The standard InChI is InChI=1S/C22H23N3O3/c1-14(2)28-17-9-7-15(8-10-17)19-12-20(26)24-22-21(19)23-13-25(22)16-5-4-6-18(11-16)27-3/h4-11,13-14,19H,12H2,1-3H3,(H,24,26)/t19-/m1/s1. The fourth-order valence-electron chi connectivity index (χ4n) is 3.49. The number of fused-ring (bicyclic) bond motifs is 1. The van der Waals surface area contributed by atoms with E-state index in [0.717, 1.165) is 28.4 Å². The number of carbonyl (C=O) groups excluding carboxylic acids is 1. The summed E-state index contributed by atoms with van der Waals surface area (Å²) in [6.07, 6.45) is 2.23. The number of hydrogen-bond donors (Lipinski definition) is 1. The van der Waals surface area contributed by atoms with E-state index >= 15 is 0 Å². The van der Waals surface area contributed by atoms with E-state index in [9.17, 15) is 4.79 Å². The van der Waals surface area contributed by atoms with Crippen molar-refractivity contribution in [1.82, 2.24) is 9.55 Å². The van der Waals surface area contributed by atoms with Crippen molar-refractivity contribution < 1.29 is 14.3 Å². The summed E-state index contributed by atoms with van der Waals surface area (Å²) < 4.78 is 12.9. The minimum absolute atomic E-state index is 0.0235. The number of imidazole rings is 1. The molecule has 6 heteroatoms. The Bertz CT molecular complexity index is 993. The highest BCUT2D eigenvalue weighted by molar-refractivity contribution is 5.94. The number of aromatic nitrogens is 2. The van der Waals surface area contributed by atoms with Crippen molar-refractivity contribution in [3.05, 3.63) is 66.1 Å². The number of benzene rings is 2. The SMILES string of the molecule is COc1cccc(-n2cnc3c2NC(=O)C[C@@H]3c2ccc(OC(C)C)cc2)c1. The van der Waals surface area contributed by atoms with Gasteiger partial charge in [-0.25, -0.2) is 4.98 Å². The Kier molecular flexibility index (Phi) is 4.77. The van der Waals surface area contributed by atoms with Gasteiger partial charge in [0.25, 0.3) is 0 Å². The number of nitrogens with zero attached hydrogens (tertiary/aromatic N) is 2. The summed E-state index contributed by atoms with van der Waals surface area (Å²) in [5, 5.41) is 2.98. The molecule has 0 saturated carbocycles. The molecule has 1 amide bonds. The number of rotatable bonds is 5. The molecule has 0 fully saturated rings. The molecule has 1 aromatic heterocycles. The van der Waals surface area contributed by atoms with Crippen LogP contribution in [0.4, 0.5) is 5.82 Å². The van der Waals surface area contributed by atoms with E-state index in [4.69, 9.17) is 9.47 Å². The number of ether oxygens (including phenoxy) is 2. The topological polar surface area (TPSA) is 65.4 Å². The molecule has 3 aromatic rings. The summed E-state index contributed by atoms with van der Waals surface area (Å²) in [6.45, 7) is 3.99. The predicted octanol–water partition coefficient (Wildman–Crippen LogP) is 4.14. The van der Waals surface area contributed by atoms with Gasteiger partial charge < -0.3 is 14.8 Å². The molecular formula is C22H23N3O3. The molecular weight excluding hydrogens is 354 g/mol. The molecule has 0 radical (unpaired) electrons.